The minimum absolute atomic E-state index is 0.00716. The van der Waals surface area contributed by atoms with E-state index < -0.39 is 9.84 Å². The first kappa shape index (κ1) is 19.1. The molecule has 146 valence electrons. The molecule has 0 radical (unpaired) electrons. The first-order valence-corrected chi connectivity index (χ1v) is 11.6. The molecule has 2 aromatic rings. The van der Waals surface area contributed by atoms with Crippen molar-refractivity contribution in [1.82, 2.24) is 0 Å². The summed E-state index contributed by atoms with van der Waals surface area (Å²) < 4.78 is 37.5. The molecule has 0 spiro atoms. The molecule has 2 atom stereocenters. The Morgan fingerprint density at radius 1 is 1.14 bits per heavy atom. The topological polar surface area (TPSA) is 66.8 Å². The molecule has 28 heavy (non-hydrogen) atoms. The number of hydrogen-bond acceptors (Lipinski definition) is 4. The second-order valence-electron chi connectivity index (χ2n) is 7.10. The maximum absolute atomic E-state index is 13.3. The van der Waals surface area contributed by atoms with E-state index >= 15 is 0 Å². The third-order valence-corrected chi connectivity index (χ3v) is 8.08. The van der Waals surface area contributed by atoms with Crippen LogP contribution in [0.1, 0.15) is 11.1 Å². The summed E-state index contributed by atoms with van der Waals surface area (Å²) in [5.41, 5.74) is 2.63. The van der Waals surface area contributed by atoms with Crippen molar-refractivity contribution >= 4 is 38.4 Å². The lowest BCUT2D eigenvalue weighted by Gasteiger charge is -2.24. The highest BCUT2D eigenvalue weighted by molar-refractivity contribution is 8.16. The average Bonchev–Trinajstić information content (AvgIpc) is 3.09. The van der Waals surface area contributed by atoms with Crippen LogP contribution in [-0.4, -0.2) is 42.3 Å². The van der Waals surface area contributed by atoms with Gasteiger partial charge in [0.25, 0.3) is 5.91 Å². The van der Waals surface area contributed by atoms with Crippen LogP contribution in [0.4, 0.5) is 10.1 Å². The standard InChI is InChI=1S/C20H19FN2O3S2/c1-13-2-4-14(5-3-13)10-19(24)22-20-23(16-8-6-15(21)7-9-16)17-11-28(25,26)12-18(17)27-20/h2-9,17-18H,10-12H2,1H3/t17-,18-/m0/s1. The number of thioether (sulfide) groups is 1. The highest BCUT2D eigenvalue weighted by Crippen LogP contribution is 2.41. The van der Waals surface area contributed by atoms with Crippen molar-refractivity contribution in [2.75, 3.05) is 16.4 Å². The van der Waals surface area contributed by atoms with E-state index in [1.54, 1.807) is 17.0 Å². The molecule has 2 fully saturated rings. The number of fused-ring (bicyclic) bond motifs is 1. The van der Waals surface area contributed by atoms with Gasteiger partial charge in [0, 0.05) is 10.9 Å². The zero-order valence-corrected chi connectivity index (χ0v) is 16.8. The quantitative estimate of drug-likeness (QED) is 0.767. The van der Waals surface area contributed by atoms with E-state index in [-0.39, 0.29) is 40.9 Å². The molecule has 0 N–H and O–H groups in total. The number of nitrogens with zero attached hydrogens (tertiary/aromatic N) is 2. The SMILES string of the molecule is Cc1ccc(CC(=O)N=C2S[C@H]3CS(=O)(=O)C[C@@H]3N2c2ccc(F)cc2)cc1. The molecule has 1 amide bonds. The summed E-state index contributed by atoms with van der Waals surface area (Å²) in [6.07, 6.45) is 0.176. The Bertz CT molecular complexity index is 1030. The molecule has 2 aliphatic rings. The van der Waals surface area contributed by atoms with Gasteiger partial charge in [0.1, 0.15) is 5.82 Å². The fraction of sp³-hybridized carbons (Fsp3) is 0.300. The molecular weight excluding hydrogens is 399 g/mol. The van der Waals surface area contributed by atoms with Gasteiger partial charge in [-0.25, -0.2) is 12.8 Å². The van der Waals surface area contributed by atoms with Crippen LogP contribution in [0.3, 0.4) is 0 Å². The van der Waals surface area contributed by atoms with Crippen molar-refractivity contribution in [3.05, 3.63) is 65.5 Å². The van der Waals surface area contributed by atoms with Gasteiger partial charge in [-0.3, -0.25) is 4.79 Å². The van der Waals surface area contributed by atoms with E-state index in [9.17, 15) is 17.6 Å². The molecule has 5 nitrogen and oxygen atoms in total. The molecule has 0 unspecified atom stereocenters. The Morgan fingerprint density at radius 2 is 1.82 bits per heavy atom. The molecule has 8 heteroatoms. The molecule has 0 aliphatic carbocycles. The van der Waals surface area contributed by atoms with E-state index in [0.717, 1.165) is 11.1 Å². The number of hydrogen-bond donors (Lipinski definition) is 0. The van der Waals surface area contributed by atoms with E-state index in [1.807, 2.05) is 31.2 Å². The molecule has 0 bridgehead atoms. The Labute approximate surface area is 167 Å². The van der Waals surface area contributed by atoms with Crippen molar-refractivity contribution in [1.29, 1.82) is 0 Å². The van der Waals surface area contributed by atoms with Crippen LogP contribution >= 0.6 is 11.8 Å². The van der Waals surface area contributed by atoms with E-state index in [1.165, 1.54) is 23.9 Å². The number of halogens is 1. The molecule has 2 saturated heterocycles. The summed E-state index contributed by atoms with van der Waals surface area (Å²) in [5, 5.41) is 0.301. The second-order valence-corrected chi connectivity index (χ2v) is 10.5. The minimum Gasteiger partial charge on any atom is -0.316 e. The molecule has 0 saturated carbocycles. The molecule has 2 aromatic carbocycles. The van der Waals surface area contributed by atoms with Crippen molar-refractivity contribution in [3.8, 4) is 0 Å². The number of rotatable bonds is 3. The van der Waals surface area contributed by atoms with Gasteiger partial charge < -0.3 is 4.90 Å². The van der Waals surface area contributed by atoms with Crippen molar-refractivity contribution < 1.29 is 17.6 Å². The third kappa shape index (κ3) is 3.98. The van der Waals surface area contributed by atoms with Crippen molar-refractivity contribution in [2.24, 2.45) is 4.99 Å². The van der Waals surface area contributed by atoms with E-state index in [4.69, 9.17) is 0 Å². The average molecular weight is 419 g/mol. The predicted molar refractivity (Wildman–Crippen MR) is 110 cm³/mol. The highest BCUT2D eigenvalue weighted by Gasteiger charge is 2.49. The van der Waals surface area contributed by atoms with Gasteiger partial charge in [-0.15, -0.1) is 0 Å². The maximum Gasteiger partial charge on any atom is 0.252 e. The summed E-state index contributed by atoms with van der Waals surface area (Å²) in [6, 6.07) is 13.2. The normalized spacial score (nSPS) is 24.5. The van der Waals surface area contributed by atoms with Gasteiger partial charge in [-0.1, -0.05) is 41.6 Å². The van der Waals surface area contributed by atoms with E-state index in [0.29, 0.717) is 10.9 Å². The van der Waals surface area contributed by atoms with Crippen LogP contribution < -0.4 is 4.90 Å². The molecule has 2 heterocycles. The molecule has 4 rings (SSSR count). The summed E-state index contributed by atoms with van der Waals surface area (Å²) >= 11 is 1.31. The lowest BCUT2D eigenvalue weighted by atomic mass is 10.1. The number of aliphatic imine (C=N–C) groups is 1. The van der Waals surface area contributed by atoms with Gasteiger partial charge in [-0.05, 0) is 36.8 Å². The summed E-state index contributed by atoms with van der Waals surface area (Å²) in [6.45, 7) is 1.98. The molecule has 2 aliphatic heterocycles. The number of carbonyl (C=O) groups is 1. The zero-order valence-electron chi connectivity index (χ0n) is 15.2. The monoisotopic (exact) mass is 418 g/mol. The van der Waals surface area contributed by atoms with Crippen LogP contribution in [0.5, 0.6) is 0 Å². The van der Waals surface area contributed by atoms with Gasteiger partial charge in [0.15, 0.2) is 15.0 Å². The maximum atomic E-state index is 13.3. The summed E-state index contributed by atoms with van der Waals surface area (Å²) in [5.74, 6) is -0.597. The number of anilines is 1. The first-order valence-electron chi connectivity index (χ1n) is 8.90. The second kappa shape index (κ2) is 7.33. The Hall–Kier alpha value is -2.19. The largest absolute Gasteiger partial charge is 0.316 e. The number of aryl methyl sites for hydroxylation is 1. The van der Waals surface area contributed by atoms with Gasteiger partial charge in [0.05, 0.1) is 24.0 Å². The Kier molecular flexibility index (Phi) is 5.01. The molecular formula is C20H19FN2O3S2. The van der Waals surface area contributed by atoms with Crippen LogP contribution in [0.15, 0.2) is 53.5 Å². The van der Waals surface area contributed by atoms with Gasteiger partial charge in [0.2, 0.25) is 0 Å². The predicted octanol–water partition coefficient (Wildman–Crippen LogP) is 2.98. The summed E-state index contributed by atoms with van der Waals surface area (Å²) in [4.78, 5) is 18.6. The van der Waals surface area contributed by atoms with Crippen LogP contribution in [-0.2, 0) is 21.1 Å². The van der Waals surface area contributed by atoms with Crippen molar-refractivity contribution in [3.63, 3.8) is 0 Å². The highest BCUT2D eigenvalue weighted by atomic mass is 32.2. The van der Waals surface area contributed by atoms with Gasteiger partial charge in [-0.2, -0.15) is 4.99 Å². The van der Waals surface area contributed by atoms with Crippen molar-refractivity contribution in [2.45, 2.75) is 24.6 Å². The molecule has 0 aromatic heterocycles. The fourth-order valence-corrected chi connectivity index (χ4v) is 7.43. The Morgan fingerprint density at radius 3 is 2.50 bits per heavy atom. The first-order chi connectivity index (χ1) is 13.3. The number of carbonyl (C=O) groups excluding carboxylic acids is 1. The smallest absolute Gasteiger partial charge is 0.252 e. The zero-order chi connectivity index (χ0) is 19.9. The van der Waals surface area contributed by atoms with Crippen LogP contribution in [0.25, 0.3) is 0 Å². The number of amidine groups is 1. The fourth-order valence-electron chi connectivity index (χ4n) is 3.49. The lowest BCUT2D eigenvalue weighted by molar-refractivity contribution is -0.117. The van der Waals surface area contributed by atoms with E-state index in [2.05, 4.69) is 4.99 Å². The number of sulfone groups is 1. The Balaban J connectivity index is 1.62. The van der Waals surface area contributed by atoms with Crippen LogP contribution in [0.2, 0.25) is 0 Å². The summed E-state index contributed by atoms with van der Waals surface area (Å²) in [7, 11) is -3.14. The van der Waals surface area contributed by atoms with Gasteiger partial charge >= 0.3 is 0 Å². The number of amides is 1. The van der Waals surface area contributed by atoms with Crippen LogP contribution in [0, 0.1) is 12.7 Å². The third-order valence-electron chi connectivity index (χ3n) is 4.87. The minimum atomic E-state index is -3.14. The number of benzene rings is 2. The lowest BCUT2D eigenvalue weighted by Crippen LogP contribution is -2.37.